The summed E-state index contributed by atoms with van der Waals surface area (Å²) in [7, 11) is 0. The van der Waals surface area contributed by atoms with Crippen LogP contribution in [0.4, 0.5) is 0 Å². The van der Waals surface area contributed by atoms with E-state index in [2.05, 4.69) is 6.08 Å². The van der Waals surface area contributed by atoms with E-state index >= 15 is 0 Å². The van der Waals surface area contributed by atoms with Crippen molar-refractivity contribution in [3.63, 3.8) is 0 Å². The Balaban J connectivity index is 1.41. The van der Waals surface area contributed by atoms with Gasteiger partial charge in [-0.2, -0.15) is 0 Å². The lowest BCUT2D eigenvalue weighted by Crippen LogP contribution is -2.62. The molecule has 9 unspecified atom stereocenters. The average molecular weight is 266 g/mol. The molecule has 7 bridgehead atoms. The van der Waals surface area contributed by atoms with E-state index in [4.69, 9.17) is 0 Å². The van der Waals surface area contributed by atoms with Gasteiger partial charge < -0.3 is 0 Å². The Labute approximate surface area is 122 Å². The summed E-state index contributed by atoms with van der Waals surface area (Å²) in [6.07, 6.45) is 17.1. The minimum atomic E-state index is 0.903. The van der Waals surface area contributed by atoms with Crippen LogP contribution in [0.5, 0.6) is 0 Å². The molecule has 0 aliphatic heterocycles. The van der Waals surface area contributed by atoms with Crippen molar-refractivity contribution in [1.82, 2.24) is 0 Å². The smallest absolute Gasteiger partial charge is 0.0169 e. The average Bonchev–Trinajstić information content (AvgIpc) is 3.18. The lowest BCUT2D eigenvalue weighted by molar-refractivity contribution is -0.197. The van der Waals surface area contributed by atoms with Gasteiger partial charge >= 0.3 is 0 Å². The van der Waals surface area contributed by atoms with Crippen molar-refractivity contribution >= 4 is 0 Å². The van der Waals surface area contributed by atoms with Gasteiger partial charge in [0.1, 0.15) is 0 Å². The molecule has 0 nitrogen and oxygen atoms in total. The second-order valence-corrected chi connectivity index (χ2v) is 9.85. The molecule has 7 rings (SSSR count). The Morgan fingerprint density at radius 1 is 1.05 bits per heavy atom. The van der Waals surface area contributed by atoms with Crippen LogP contribution in [0.25, 0.3) is 0 Å². The topological polar surface area (TPSA) is 0 Å². The predicted molar refractivity (Wildman–Crippen MR) is 78.9 cm³/mol. The van der Waals surface area contributed by atoms with Crippen molar-refractivity contribution in [3.8, 4) is 0 Å². The van der Waals surface area contributed by atoms with Gasteiger partial charge in [-0.05, 0) is 97.2 Å². The SMILES string of the molecule is C1=C2CC(C1)C1C2CCC23CC4(CC5CCCC4C52)C13. The lowest BCUT2D eigenvalue weighted by atomic mass is 9.36. The molecule has 0 aromatic heterocycles. The fourth-order valence-corrected chi connectivity index (χ4v) is 10.3. The van der Waals surface area contributed by atoms with Crippen molar-refractivity contribution in [3.05, 3.63) is 11.6 Å². The summed E-state index contributed by atoms with van der Waals surface area (Å²) in [6, 6.07) is 0. The lowest BCUT2D eigenvalue weighted by Gasteiger charge is -2.68. The molecule has 0 N–H and O–H groups in total. The summed E-state index contributed by atoms with van der Waals surface area (Å²) in [5, 5.41) is 0. The van der Waals surface area contributed by atoms with Crippen LogP contribution >= 0.6 is 0 Å². The van der Waals surface area contributed by atoms with E-state index < -0.39 is 0 Å². The molecule has 7 aliphatic rings. The molecular formula is C20H26. The second-order valence-electron chi connectivity index (χ2n) is 9.85. The van der Waals surface area contributed by atoms with Gasteiger partial charge in [0.2, 0.25) is 0 Å². The van der Waals surface area contributed by atoms with Crippen LogP contribution in [-0.2, 0) is 0 Å². The van der Waals surface area contributed by atoms with Crippen LogP contribution in [0.15, 0.2) is 11.6 Å². The molecule has 0 amide bonds. The van der Waals surface area contributed by atoms with Crippen LogP contribution in [0.2, 0.25) is 0 Å². The minimum absolute atomic E-state index is 0.903. The van der Waals surface area contributed by atoms with Crippen molar-refractivity contribution in [2.45, 2.75) is 57.8 Å². The Hall–Kier alpha value is -0.260. The third-order valence-corrected chi connectivity index (χ3v) is 9.94. The van der Waals surface area contributed by atoms with E-state index in [0.717, 1.165) is 22.7 Å². The first-order valence-electron chi connectivity index (χ1n) is 9.52. The fourth-order valence-electron chi connectivity index (χ4n) is 10.3. The van der Waals surface area contributed by atoms with Gasteiger partial charge in [0, 0.05) is 0 Å². The number of fused-ring (bicyclic) bond motifs is 5. The highest BCUT2D eigenvalue weighted by molar-refractivity contribution is 5.36. The zero-order valence-corrected chi connectivity index (χ0v) is 12.5. The molecule has 20 heavy (non-hydrogen) atoms. The second kappa shape index (κ2) is 2.82. The molecular weight excluding hydrogens is 240 g/mol. The number of hydrogen-bond acceptors (Lipinski definition) is 0. The monoisotopic (exact) mass is 266 g/mol. The van der Waals surface area contributed by atoms with Gasteiger partial charge in [-0.3, -0.25) is 0 Å². The molecule has 7 aliphatic carbocycles. The van der Waals surface area contributed by atoms with Gasteiger partial charge in [0.25, 0.3) is 0 Å². The predicted octanol–water partition coefficient (Wildman–Crippen LogP) is 4.81. The van der Waals surface area contributed by atoms with Gasteiger partial charge in [-0.15, -0.1) is 0 Å². The van der Waals surface area contributed by atoms with Crippen LogP contribution in [0.3, 0.4) is 0 Å². The van der Waals surface area contributed by atoms with E-state index in [-0.39, 0.29) is 0 Å². The van der Waals surface area contributed by atoms with Gasteiger partial charge in [0.15, 0.2) is 0 Å². The summed E-state index contributed by atoms with van der Waals surface area (Å²) in [6.45, 7) is 0. The summed E-state index contributed by atoms with van der Waals surface area (Å²) in [5.74, 6) is 8.18. The van der Waals surface area contributed by atoms with Gasteiger partial charge in [-0.25, -0.2) is 0 Å². The van der Waals surface area contributed by atoms with Crippen LogP contribution in [0, 0.1) is 52.3 Å². The zero-order valence-electron chi connectivity index (χ0n) is 12.5. The highest BCUT2D eigenvalue weighted by atomic mass is 14.9. The van der Waals surface area contributed by atoms with E-state index in [1.807, 2.05) is 5.57 Å². The Bertz CT molecular complexity index is 554. The van der Waals surface area contributed by atoms with Gasteiger partial charge in [-0.1, -0.05) is 24.5 Å². The maximum atomic E-state index is 2.65. The van der Waals surface area contributed by atoms with Crippen molar-refractivity contribution in [2.24, 2.45) is 52.3 Å². The molecule has 0 aromatic rings. The molecule has 9 atom stereocenters. The van der Waals surface area contributed by atoms with Crippen molar-refractivity contribution in [1.29, 1.82) is 0 Å². The highest BCUT2D eigenvalue weighted by Crippen LogP contribution is 2.91. The van der Waals surface area contributed by atoms with Crippen LogP contribution < -0.4 is 0 Å². The molecule has 0 aromatic carbocycles. The number of rotatable bonds is 0. The Kier molecular flexibility index (Phi) is 1.47. The number of allylic oxidation sites excluding steroid dienone is 2. The maximum absolute atomic E-state index is 2.65. The summed E-state index contributed by atoms with van der Waals surface area (Å²) in [4.78, 5) is 0. The standard InChI is InChI=1S/C20H26/c1-2-13-9-20-10-19(17(13)15(20)3-1)7-6-14-11-4-5-12(8-11)16(14)18(19)20/h4,12-18H,1-3,5-10H2. The van der Waals surface area contributed by atoms with E-state index in [9.17, 15) is 0 Å². The van der Waals surface area contributed by atoms with E-state index in [1.165, 1.54) is 42.4 Å². The third kappa shape index (κ3) is 0.782. The molecule has 1 spiro atoms. The van der Waals surface area contributed by atoms with Crippen molar-refractivity contribution < 1.29 is 0 Å². The fraction of sp³-hybridized carbons (Fsp3) is 0.900. The molecule has 0 heteroatoms. The van der Waals surface area contributed by atoms with Gasteiger partial charge in [0.05, 0.1) is 0 Å². The molecule has 0 radical (unpaired) electrons. The normalized spacial score (nSPS) is 70.4. The molecule has 6 fully saturated rings. The number of hydrogen-bond donors (Lipinski definition) is 0. The largest absolute Gasteiger partial charge is 0.0847 e. The van der Waals surface area contributed by atoms with E-state index in [1.54, 1.807) is 44.9 Å². The molecule has 6 saturated carbocycles. The van der Waals surface area contributed by atoms with Crippen molar-refractivity contribution in [2.75, 3.05) is 0 Å². The first-order valence-corrected chi connectivity index (χ1v) is 9.52. The van der Waals surface area contributed by atoms with E-state index in [0.29, 0.717) is 0 Å². The zero-order chi connectivity index (χ0) is 12.7. The summed E-state index contributed by atoms with van der Waals surface area (Å²) in [5.41, 5.74) is 3.73. The minimum Gasteiger partial charge on any atom is -0.0847 e. The molecule has 106 valence electrons. The summed E-state index contributed by atoms with van der Waals surface area (Å²) >= 11 is 0. The highest BCUT2D eigenvalue weighted by Gasteiger charge is 2.84. The third-order valence-electron chi connectivity index (χ3n) is 9.94. The maximum Gasteiger partial charge on any atom is -0.0169 e. The molecule has 0 heterocycles. The quantitative estimate of drug-likeness (QED) is 0.552. The Morgan fingerprint density at radius 2 is 2.05 bits per heavy atom. The van der Waals surface area contributed by atoms with Crippen LogP contribution in [-0.4, -0.2) is 0 Å². The first-order chi connectivity index (χ1) is 9.83. The molecule has 0 saturated heterocycles. The first kappa shape index (κ1) is 10.5. The van der Waals surface area contributed by atoms with Crippen LogP contribution in [0.1, 0.15) is 57.8 Å². The Morgan fingerprint density at radius 3 is 3.05 bits per heavy atom. The summed E-state index contributed by atoms with van der Waals surface area (Å²) < 4.78 is 0.